The summed E-state index contributed by atoms with van der Waals surface area (Å²) < 4.78 is 40.8. The Labute approximate surface area is 186 Å². The van der Waals surface area contributed by atoms with Gasteiger partial charge in [-0.15, -0.1) is 24.0 Å². The second-order valence-electron chi connectivity index (χ2n) is 6.18. The zero-order valence-electron chi connectivity index (χ0n) is 16.0. The minimum atomic E-state index is -2.91. The smallest absolute Gasteiger partial charge is 0.387 e. The number of hydrogen-bond donors (Lipinski definition) is 2. The molecule has 0 aromatic heterocycles. The molecule has 0 saturated carbocycles. The molecule has 0 bridgehead atoms. The number of halogens is 4. The number of rotatable bonds is 8. The van der Waals surface area contributed by atoms with Crippen molar-refractivity contribution in [3.05, 3.63) is 28.8 Å². The molecule has 0 aliphatic carbocycles. The van der Waals surface area contributed by atoms with Gasteiger partial charge in [0.15, 0.2) is 5.96 Å². The Bertz CT molecular complexity index is 632. The van der Waals surface area contributed by atoms with Crippen molar-refractivity contribution in [3.63, 3.8) is 0 Å². The molecule has 0 unspecified atom stereocenters. The lowest BCUT2D eigenvalue weighted by Crippen LogP contribution is -2.50. The average Bonchev–Trinajstić information content (AvgIpc) is 2.66. The molecule has 6 nitrogen and oxygen atoms in total. The Morgan fingerprint density at radius 1 is 1.32 bits per heavy atom. The molecule has 160 valence electrons. The van der Waals surface area contributed by atoms with Crippen molar-refractivity contribution in [3.8, 4) is 5.75 Å². The van der Waals surface area contributed by atoms with E-state index < -0.39 is 6.61 Å². The number of guanidine groups is 1. The molecule has 0 atom stereocenters. The van der Waals surface area contributed by atoms with E-state index >= 15 is 0 Å². The normalized spacial score (nSPS) is 16.4. The van der Waals surface area contributed by atoms with Gasteiger partial charge in [-0.05, 0) is 25.1 Å². The molecule has 0 spiro atoms. The van der Waals surface area contributed by atoms with Crippen molar-refractivity contribution in [2.45, 2.75) is 38.5 Å². The molecular weight excluding hydrogens is 507 g/mol. The molecule has 2 rings (SSSR count). The summed E-state index contributed by atoms with van der Waals surface area (Å²) in [5.41, 5.74) is 0.168. The number of hydrogen-bond acceptors (Lipinski definition) is 4. The second-order valence-corrected chi connectivity index (χ2v) is 6.62. The van der Waals surface area contributed by atoms with Crippen molar-refractivity contribution in [2.75, 3.05) is 33.4 Å². The van der Waals surface area contributed by atoms with Gasteiger partial charge >= 0.3 is 6.61 Å². The third kappa shape index (κ3) is 7.84. The van der Waals surface area contributed by atoms with Crippen LogP contribution >= 0.6 is 35.6 Å². The fourth-order valence-corrected chi connectivity index (χ4v) is 3.02. The molecular formula is C18H27ClF2IN3O3. The van der Waals surface area contributed by atoms with Crippen LogP contribution in [-0.2, 0) is 16.0 Å². The fourth-order valence-electron chi connectivity index (χ4n) is 2.83. The van der Waals surface area contributed by atoms with Crippen molar-refractivity contribution < 1.29 is 23.0 Å². The molecule has 1 aliphatic heterocycles. The van der Waals surface area contributed by atoms with Crippen LogP contribution in [0.25, 0.3) is 0 Å². The third-order valence-electron chi connectivity index (χ3n) is 4.41. The SMILES string of the molecule is CCNC(=NCc1cc(Cl)ccc1OC(F)F)NCC1(OC)CCOCC1.I. The van der Waals surface area contributed by atoms with Crippen LogP contribution in [0.2, 0.25) is 5.02 Å². The number of ether oxygens (including phenoxy) is 3. The van der Waals surface area contributed by atoms with Gasteiger partial charge in [-0.3, -0.25) is 0 Å². The lowest BCUT2D eigenvalue weighted by atomic mass is 9.94. The predicted molar refractivity (Wildman–Crippen MR) is 116 cm³/mol. The van der Waals surface area contributed by atoms with E-state index in [0.29, 0.717) is 42.8 Å². The minimum absolute atomic E-state index is 0. The van der Waals surface area contributed by atoms with E-state index in [-0.39, 0.29) is 41.9 Å². The Hall–Kier alpha value is -0.910. The van der Waals surface area contributed by atoms with E-state index in [9.17, 15) is 8.78 Å². The zero-order valence-corrected chi connectivity index (χ0v) is 19.1. The van der Waals surface area contributed by atoms with Gasteiger partial charge in [-0.1, -0.05) is 11.6 Å². The van der Waals surface area contributed by atoms with E-state index in [1.54, 1.807) is 13.2 Å². The van der Waals surface area contributed by atoms with Crippen LogP contribution in [0.1, 0.15) is 25.3 Å². The number of benzene rings is 1. The van der Waals surface area contributed by atoms with Crippen molar-refractivity contribution in [1.82, 2.24) is 10.6 Å². The first-order chi connectivity index (χ1) is 13.0. The van der Waals surface area contributed by atoms with Crippen LogP contribution in [0.15, 0.2) is 23.2 Å². The van der Waals surface area contributed by atoms with Crippen LogP contribution in [0, 0.1) is 0 Å². The number of methoxy groups -OCH3 is 1. The monoisotopic (exact) mass is 533 g/mol. The van der Waals surface area contributed by atoms with Crippen LogP contribution < -0.4 is 15.4 Å². The summed E-state index contributed by atoms with van der Waals surface area (Å²) in [6.45, 7) is 1.71. The van der Waals surface area contributed by atoms with E-state index in [4.69, 9.17) is 21.1 Å². The summed E-state index contributed by atoms with van der Waals surface area (Å²) in [4.78, 5) is 4.47. The summed E-state index contributed by atoms with van der Waals surface area (Å²) in [5.74, 6) is 0.621. The Morgan fingerprint density at radius 2 is 2.04 bits per heavy atom. The molecule has 1 aliphatic rings. The van der Waals surface area contributed by atoms with Gasteiger partial charge in [0.25, 0.3) is 0 Å². The largest absolute Gasteiger partial charge is 0.434 e. The number of nitrogens with one attached hydrogen (secondary N) is 2. The van der Waals surface area contributed by atoms with E-state index in [1.807, 2.05) is 6.92 Å². The quantitative estimate of drug-likeness (QED) is 0.302. The number of alkyl halides is 2. The van der Waals surface area contributed by atoms with E-state index in [2.05, 4.69) is 20.4 Å². The molecule has 28 heavy (non-hydrogen) atoms. The van der Waals surface area contributed by atoms with E-state index in [0.717, 1.165) is 12.8 Å². The topological polar surface area (TPSA) is 64.1 Å². The predicted octanol–water partition coefficient (Wildman–Crippen LogP) is 3.81. The molecule has 1 saturated heterocycles. The molecule has 1 aromatic rings. The van der Waals surface area contributed by atoms with Gasteiger partial charge in [0.05, 0.1) is 12.1 Å². The van der Waals surface area contributed by atoms with Crippen LogP contribution in [-0.4, -0.2) is 51.6 Å². The zero-order chi connectivity index (χ0) is 19.7. The first-order valence-electron chi connectivity index (χ1n) is 8.86. The maximum Gasteiger partial charge on any atom is 0.387 e. The summed E-state index contributed by atoms with van der Waals surface area (Å²) in [7, 11) is 1.69. The molecule has 10 heteroatoms. The maximum atomic E-state index is 12.6. The lowest BCUT2D eigenvalue weighted by molar-refractivity contribution is -0.0855. The fraction of sp³-hybridized carbons (Fsp3) is 0.611. The van der Waals surface area contributed by atoms with Crippen LogP contribution in [0.3, 0.4) is 0 Å². The summed E-state index contributed by atoms with van der Waals surface area (Å²) in [5, 5.41) is 6.83. The lowest BCUT2D eigenvalue weighted by Gasteiger charge is -2.36. The molecule has 2 N–H and O–H groups in total. The van der Waals surface area contributed by atoms with Gasteiger partial charge in [-0.25, -0.2) is 4.99 Å². The summed E-state index contributed by atoms with van der Waals surface area (Å²) in [6, 6.07) is 4.49. The Kier molecular flexibility index (Phi) is 11.3. The maximum absolute atomic E-state index is 12.6. The second kappa shape index (κ2) is 12.6. The van der Waals surface area contributed by atoms with Crippen molar-refractivity contribution in [1.29, 1.82) is 0 Å². The van der Waals surface area contributed by atoms with E-state index in [1.165, 1.54) is 12.1 Å². The Morgan fingerprint density at radius 3 is 2.64 bits per heavy atom. The van der Waals surface area contributed by atoms with Gasteiger partial charge < -0.3 is 24.8 Å². The number of aliphatic imine (C=N–C) groups is 1. The summed E-state index contributed by atoms with van der Waals surface area (Å²) in [6.07, 6.45) is 1.58. The highest BCUT2D eigenvalue weighted by atomic mass is 127. The van der Waals surface area contributed by atoms with Crippen LogP contribution in [0.4, 0.5) is 8.78 Å². The molecule has 0 amide bonds. The van der Waals surface area contributed by atoms with Gasteiger partial charge in [0.1, 0.15) is 5.75 Å². The molecule has 1 aromatic carbocycles. The molecule has 0 radical (unpaired) electrons. The standard InChI is InChI=1S/C18H26ClF2N3O3.HI/c1-3-22-17(24-12-18(25-2)6-8-26-9-7-18)23-11-13-10-14(19)4-5-15(13)27-16(20)21;/h4-5,10,16H,3,6-9,11-12H2,1-2H3,(H2,22,23,24);1H. The van der Waals surface area contributed by atoms with Crippen LogP contribution in [0.5, 0.6) is 5.75 Å². The minimum Gasteiger partial charge on any atom is -0.434 e. The highest BCUT2D eigenvalue weighted by molar-refractivity contribution is 14.0. The Balaban J connectivity index is 0.00000392. The third-order valence-corrected chi connectivity index (χ3v) is 4.64. The van der Waals surface area contributed by atoms with Crippen molar-refractivity contribution in [2.24, 2.45) is 4.99 Å². The van der Waals surface area contributed by atoms with Gasteiger partial charge in [0.2, 0.25) is 0 Å². The van der Waals surface area contributed by atoms with Gasteiger partial charge in [0, 0.05) is 56.8 Å². The summed E-state index contributed by atoms with van der Waals surface area (Å²) >= 11 is 5.98. The first kappa shape index (κ1) is 25.1. The molecule has 1 fully saturated rings. The first-order valence-corrected chi connectivity index (χ1v) is 9.24. The highest BCUT2D eigenvalue weighted by Gasteiger charge is 2.32. The highest BCUT2D eigenvalue weighted by Crippen LogP contribution is 2.26. The number of nitrogens with zero attached hydrogens (tertiary/aromatic N) is 1. The van der Waals surface area contributed by atoms with Gasteiger partial charge in [-0.2, -0.15) is 8.78 Å². The molecule has 1 heterocycles. The van der Waals surface area contributed by atoms with Crippen molar-refractivity contribution >= 4 is 41.5 Å². The average molecular weight is 534 g/mol.